The van der Waals surface area contributed by atoms with Crippen LogP contribution in [0.1, 0.15) is 27.0 Å². The molecule has 0 radical (unpaired) electrons. The molecule has 1 aromatic heterocycles. The van der Waals surface area contributed by atoms with E-state index in [2.05, 4.69) is 4.98 Å². The van der Waals surface area contributed by atoms with Gasteiger partial charge in [-0.25, -0.2) is 4.79 Å². The summed E-state index contributed by atoms with van der Waals surface area (Å²) in [5.74, 6) is 0.0475. The van der Waals surface area contributed by atoms with Crippen LogP contribution in [0.2, 0.25) is 0 Å². The Hall–Kier alpha value is -5.10. The SMILES string of the molecule is O=C(O)c1cc(OCc2ccccc2)ccc1-c1ccc(OCc2ccccc2)nc1OCc1ccccc1. The van der Waals surface area contributed by atoms with Crippen molar-refractivity contribution in [2.75, 3.05) is 0 Å². The van der Waals surface area contributed by atoms with Crippen molar-refractivity contribution in [3.63, 3.8) is 0 Å². The minimum absolute atomic E-state index is 0.0878. The van der Waals surface area contributed by atoms with Crippen LogP contribution >= 0.6 is 0 Å². The molecule has 0 spiro atoms. The Balaban J connectivity index is 1.44. The normalized spacial score (nSPS) is 10.6. The average Bonchev–Trinajstić information content (AvgIpc) is 2.99. The minimum atomic E-state index is -1.08. The van der Waals surface area contributed by atoms with Gasteiger partial charge in [0, 0.05) is 17.2 Å². The maximum absolute atomic E-state index is 12.3. The molecule has 0 aliphatic carbocycles. The first kappa shape index (κ1) is 25.5. The van der Waals surface area contributed by atoms with E-state index in [9.17, 15) is 9.90 Å². The standard InChI is InChI=1S/C33H27NO5/c35-33(36)30-20-27(37-21-24-10-4-1-5-11-24)16-17-28(30)29-18-19-31(38-22-25-12-6-2-7-13-25)34-32(29)39-23-26-14-8-3-9-15-26/h1-20H,21-23H2,(H,35,36). The lowest BCUT2D eigenvalue weighted by Crippen LogP contribution is -2.05. The number of carboxylic acids is 1. The van der Waals surface area contributed by atoms with Crippen molar-refractivity contribution < 1.29 is 24.1 Å². The monoisotopic (exact) mass is 517 g/mol. The molecule has 194 valence electrons. The number of pyridine rings is 1. The van der Waals surface area contributed by atoms with Gasteiger partial charge in [0.1, 0.15) is 25.6 Å². The fourth-order valence-electron chi connectivity index (χ4n) is 4.04. The van der Waals surface area contributed by atoms with Crippen LogP contribution in [0, 0.1) is 0 Å². The maximum Gasteiger partial charge on any atom is 0.336 e. The van der Waals surface area contributed by atoms with Crippen LogP contribution in [-0.2, 0) is 19.8 Å². The van der Waals surface area contributed by atoms with Crippen molar-refractivity contribution in [2.45, 2.75) is 19.8 Å². The highest BCUT2D eigenvalue weighted by Crippen LogP contribution is 2.35. The summed E-state index contributed by atoms with van der Waals surface area (Å²) in [6.07, 6.45) is 0. The van der Waals surface area contributed by atoms with Crippen LogP contribution in [-0.4, -0.2) is 16.1 Å². The Labute approximate surface area is 227 Å². The molecule has 0 unspecified atom stereocenters. The first-order valence-corrected chi connectivity index (χ1v) is 12.5. The second-order valence-corrected chi connectivity index (χ2v) is 8.84. The zero-order valence-corrected chi connectivity index (χ0v) is 21.2. The number of aromatic carboxylic acids is 1. The summed E-state index contributed by atoms with van der Waals surface area (Å²) in [4.78, 5) is 16.9. The van der Waals surface area contributed by atoms with Crippen LogP contribution in [0.25, 0.3) is 11.1 Å². The zero-order valence-electron chi connectivity index (χ0n) is 21.2. The smallest absolute Gasteiger partial charge is 0.336 e. The largest absolute Gasteiger partial charge is 0.489 e. The molecule has 0 aliphatic heterocycles. The van der Waals surface area contributed by atoms with E-state index >= 15 is 0 Å². The van der Waals surface area contributed by atoms with E-state index in [4.69, 9.17) is 14.2 Å². The molecule has 6 heteroatoms. The van der Waals surface area contributed by atoms with Crippen molar-refractivity contribution in [1.82, 2.24) is 4.98 Å². The van der Waals surface area contributed by atoms with E-state index in [-0.39, 0.29) is 18.1 Å². The molecule has 5 aromatic rings. The maximum atomic E-state index is 12.3. The molecule has 39 heavy (non-hydrogen) atoms. The van der Waals surface area contributed by atoms with Crippen LogP contribution < -0.4 is 14.2 Å². The number of carbonyl (C=O) groups is 1. The van der Waals surface area contributed by atoms with Gasteiger partial charge in [-0.2, -0.15) is 4.98 Å². The van der Waals surface area contributed by atoms with E-state index in [0.717, 1.165) is 16.7 Å². The van der Waals surface area contributed by atoms with Gasteiger partial charge in [-0.3, -0.25) is 0 Å². The molecule has 0 saturated carbocycles. The number of carboxylic acid groups (broad SMARTS) is 1. The van der Waals surface area contributed by atoms with Crippen molar-refractivity contribution in [3.8, 4) is 28.6 Å². The highest BCUT2D eigenvalue weighted by atomic mass is 16.5. The predicted octanol–water partition coefficient (Wildman–Crippen LogP) is 7.18. The molecule has 6 nitrogen and oxygen atoms in total. The second-order valence-electron chi connectivity index (χ2n) is 8.84. The molecule has 1 heterocycles. The molecule has 1 N–H and O–H groups in total. The summed E-state index contributed by atoms with van der Waals surface area (Å²) in [6, 6.07) is 37.7. The molecule has 0 amide bonds. The molecule has 0 saturated heterocycles. The Morgan fingerprint density at radius 3 is 1.67 bits per heavy atom. The van der Waals surface area contributed by atoms with E-state index in [1.54, 1.807) is 24.3 Å². The van der Waals surface area contributed by atoms with E-state index in [1.807, 2.05) is 91.0 Å². The third kappa shape index (κ3) is 6.81. The number of hydrogen-bond acceptors (Lipinski definition) is 5. The predicted molar refractivity (Wildman–Crippen MR) is 149 cm³/mol. The summed E-state index contributed by atoms with van der Waals surface area (Å²) < 4.78 is 17.9. The van der Waals surface area contributed by atoms with Gasteiger partial charge in [-0.15, -0.1) is 0 Å². The fraction of sp³-hybridized carbons (Fsp3) is 0.0909. The van der Waals surface area contributed by atoms with Gasteiger partial charge in [-0.05, 0) is 41.0 Å². The summed E-state index contributed by atoms with van der Waals surface area (Å²) >= 11 is 0. The second kappa shape index (κ2) is 12.4. The number of benzene rings is 4. The summed E-state index contributed by atoms with van der Waals surface area (Å²) in [5, 5.41) is 10.1. The van der Waals surface area contributed by atoms with Crippen molar-refractivity contribution in [3.05, 3.63) is 144 Å². The number of aromatic nitrogens is 1. The first-order valence-electron chi connectivity index (χ1n) is 12.5. The average molecular weight is 518 g/mol. The zero-order chi connectivity index (χ0) is 26.9. The highest BCUT2D eigenvalue weighted by molar-refractivity contribution is 5.97. The van der Waals surface area contributed by atoms with Gasteiger partial charge >= 0.3 is 5.97 Å². The van der Waals surface area contributed by atoms with Gasteiger partial charge < -0.3 is 19.3 Å². The van der Waals surface area contributed by atoms with E-state index in [1.165, 1.54) is 6.07 Å². The lowest BCUT2D eigenvalue weighted by Gasteiger charge is -2.15. The Kier molecular flexibility index (Phi) is 8.14. The molecule has 0 atom stereocenters. The fourth-order valence-corrected chi connectivity index (χ4v) is 4.04. The Bertz CT molecular complexity index is 1520. The third-order valence-corrected chi connectivity index (χ3v) is 6.04. The lowest BCUT2D eigenvalue weighted by molar-refractivity contribution is 0.0697. The van der Waals surface area contributed by atoms with Gasteiger partial charge in [0.05, 0.1) is 5.56 Å². The van der Waals surface area contributed by atoms with E-state index in [0.29, 0.717) is 36.0 Å². The van der Waals surface area contributed by atoms with Gasteiger partial charge in [0.15, 0.2) is 0 Å². The minimum Gasteiger partial charge on any atom is -0.489 e. The summed E-state index contributed by atoms with van der Waals surface area (Å²) in [5.41, 5.74) is 4.07. The molecule has 5 rings (SSSR count). The van der Waals surface area contributed by atoms with Crippen molar-refractivity contribution in [1.29, 1.82) is 0 Å². The van der Waals surface area contributed by atoms with Crippen LogP contribution in [0.5, 0.6) is 17.5 Å². The lowest BCUT2D eigenvalue weighted by atomic mass is 10.00. The van der Waals surface area contributed by atoms with Crippen LogP contribution in [0.3, 0.4) is 0 Å². The molecule has 4 aromatic carbocycles. The quantitative estimate of drug-likeness (QED) is 0.200. The third-order valence-electron chi connectivity index (χ3n) is 6.04. The van der Waals surface area contributed by atoms with Gasteiger partial charge in [0.25, 0.3) is 0 Å². The van der Waals surface area contributed by atoms with Gasteiger partial charge in [-0.1, -0.05) is 91.0 Å². The Morgan fingerprint density at radius 1 is 0.590 bits per heavy atom. The molecular formula is C33H27NO5. The van der Waals surface area contributed by atoms with Crippen LogP contribution in [0.15, 0.2) is 121 Å². The molecule has 0 aliphatic rings. The molecule has 0 fully saturated rings. The number of hydrogen-bond donors (Lipinski definition) is 1. The topological polar surface area (TPSA) is 77.9 Å². The van der Waals surface area contributed by atoms with E-state index < -0.39 is 5.97 Å². The summed E-state index contributed by atoms with van der Waals surface area (Å²) in [6.45, 7) is 0.947. The number of nitrogens with zero attached hydrogens (tertiary/aromatic N) is 1. The Morgan fingerprint density at radius 2 is 1.10 bits per heavy atom. The molecule has 0 bridgehead atoms. The first-order chi connectivity index (χ1) is 19.2. The highest BCUT2D eigenvalue weighted by Gasteiger charge is 2.19. The molecular weight excluding hydrogens is 490 g/mol. The van der Waals surface area contributed by atoms with Crippen LogP contribution in [0.4, 0.5) is 0 Å². The number of rotatable bonds is 11. The van der Waals surface area contributed by atoms with Crippen molar-refractivity contribution >= 4 is 5.97 Å². The van der Waals surface area contributed by atoms with Crippen molar-refractivity contribution in [2.24, 2.45) is 0 Å². The van der Waals surface area contributed by atoms with Gasteiger partial charge in [0.2, 0.25) is 11.8 Å². The summed E-state index contributed by atoms with van der Waals surface area (Å²) in [7, 11) is 0. The number of ether oxygens (including phenoxy) is 3.